The number of hydrogen-bond donors (Lipinski definition) is 1. The maximum atomic E-state index is 12.6. The van der Waals surface area contributed by atoms with Crippen molar-refractivity contribution in [3.63, 3.8) is 0 Å². The molecule has 1 heterocycles. The summed E-state index contributed by atoms with van der Waals surface area (Å²) in [5, 5.41) is 2.79. The fourth-order valence-corrected chi connectivity index (χ4v) is 3.48. The number of aryl methyl sites for hydroxylation is 1. The van der Waals surface area contributed by atoms with E-state index in [0.717, 1.165) is 29.8 Å². The van der Waals surface area contributed by atoms with E-state index >= 15 is 0 Å². The lowest BCUT2D eigenvalue weighted by Crippen LogP contribution is -2.35. The topological polar surface area (TPSA) is 78.8 Å². The third kappa shape index (κ3) is 4.55. The molecule has 7 nitrogen and oxygen atoms in total. The summed E-state index contributed by atoms with van der Waals surface area (Å²) >= 11 is 0. The number of methoxy groups -OCH3 is 2. The van der Waals surface area contributed by atoms with Crippen LogP contribution in [0.15, 0.2) is 24.3 Å². The number of nitrogens with one attached hydrogen (secondary N) is 1. The van der Waals surface area contributed by atoms with Crippen LogP contribution in [-0.4, -0.2) is 36.8 Å². The van der Waals surface area contributed by atoms with Crippen LogP contribution in [0.4, 0.5) is 0 Å². The molecule has 1 saturated carbocycles. The second-order valence-corrected chi connectivity index (χ2v) is 7.34. The molecule has 29 heavy (non-hydrogen) atoms. The highest BCUT2D eigenvalue weighted by atomic mass is 16.5. The number of amides is 1. The van der Waals surface area contributed by atoms with E-state index < -0.39 is 12.1 Å². The number of esters is 1. The fraction of sp³-hybridized carbons (Fsp3) is 0.455. The Bertz CT molecular complexity index is 914. The monoisotopic (exact) mass is 400 g/mol. The Hall–Kier alpha value is -2.96. The predicted molar refractivity (Wildman–Crippen MR) is 108 cm³/mol. The number of rotatable bonds is 8. The van der Waals surface area contributed by atoms with Gasteiger partial charge in [0.15, 0.2) is 17.6 Å². The van der Waals surface area contributed by atoms with Crippen molar-refractivity contribution in [3.05, 3.63) is 46.8 Å². The number of hydrogen-bond acceptors (Lipinski definition) is 5. The van der Waals surface area contributed by atoms with Crippen molar-refractivity contribution in [2.45, 2.75) is 52.3 Å². The molecule has 1 fully saturated rings. The number of aromatic nitrogens is 1. The molecule has 1 aromatic carbocycles. The van der Waals surface area contributed by atoms with Gasteiger partial charge in [-0.25, -0.2) is 4.79 Å². The predicted octanol–water partition coefficient (Wildman–Crippen LogP) is 3.32. The molecular formula is C22H28N2O5. The van der Waals surface area contributed by atoms with Gasteiger partial charge in [0, 0.05) is 24.0 Å². The zero-order chi connectivity index (χ0) is 21.1. The van der Waals surface area contributed by atoms with E-state index in [4.69, 9.17) is 14.2 Å². The van der Waals surface area contributed by atoms with Gasteiger partial charge >= 0.3 is 5.97 Å². The summed E-state index contributed by atoms with van der Waals surface area (Å²) in [4.78, 5) is 25.0. The van der Waals surface area contributed by atoms with Gasteiger partial charge in [0.05, 0.1) is 19.8 Å². The highest BCUT2D eigenvalue weighted by Gasteiger charge is 2.29. The molecule has 2 aromatic rings. The maximum absolute atomic E-state index is 12.6. The second-order valence-electron chi connectivity index (χ2n) is 7.34. The van der Waals surface area contributed by atoms with Gasteiger partial charge < -0.3 is 24.1 Å². The van der Waals surface area contributed by atoms with Crippen molar-refractivity contribution >= 4 is 11.9 Å². The molecule has 1 atom stereocenters. The fourth-order valence-electron chi connectivity index (χ4n) is 3.48. The molecule has 0 unspecified atom stereocenters. The highest BCUT2D eigenvalue weighted by Crippen LogP contribution is 2.38. The lowest BCUT2D eigenvalue weighted by atomic mass is 10.2. The molecule has 0 spiro atoms. The van der Waals surface area contributed by atoms with Crippen LogP contribution in [0.1, 0.15) is 53.1 Å². The Morgan fingerprint density at radius 3 is 2.45 bits per heavy atom. The first-order valence-corrected chi connectivity index (χ1v) is 9.73. The summed E-state index contributed by atoms with van der Waals surface area (Å²) in [5.41, 5.74) is 3.31. The molecule has 0 radical (unpaired) electrons. The molecule has 0 bridgehead atoms. The van der Waals surface area contributed by atoms with Crippen LogP contribution in [-0.2, 0) is 16.1 Å². The van der Waals surface area contributed by atoms with Crippen LogP contribution >= 0.6 is 0 Å². The first-order chi connectivity index (χ1) is 13.8. The zero-order valence-corrected chi connectivity index (χ0v) is 17.6. The van der Waals surface area contributed by atoms with E-state index in [1.807, 2.05) is 26.0 Å². The number of carbonyl (C=O) groups excluding carboxylic acids is 2. The number of nitrogens with zero attached hydrogens (tertiary/aromatic N) is 1. The van der Waals surface area contributed by atoms with E-state index in [0.29, 0.717) is 23.1 Å². The Morgan fingerprint density at radius 2 is 1.83 bits per heavy atom. The average Bonchev–Trinajstić information content (AvgIpc) is 3.49. The van der Waals surface area contributed by atoms with Crippen molar-refractivity contribution in [3.8, 4) is 11.5 Å². The van der Waals surface area contributed by atoms with Gasteiger partial charge in [0.25, 0.3) is 5.91 Å². The molecular weight excluding hydrogens is 372 g/mol. The van der Waals surface area contributed by atoms with E-state index in [9.17, 15) is 9.59 Å². The Balaban J connectivity index is 1.58. The first kappa shape index (κ1) is 20.8. The highest BCUT2D eigenvalue weighted by molar-refractivity contribution is 5.93. The molecule has 1 N–H and O–H groups in total. The van der Waals surface area contributed by atoms with Gasteiger partial charge in [-0.05, 0) is 57.4 Å². The SMILES string of the molecule is COc1ccc(CNC(=O)[C@H](C)OC(=O)c2cc(C)n(C3CC3)c2C)cc1OC. The normalized spacial score (nSPS) is 14.2. The van der Waals surface area contributed by atoms with Crippen molar-refractivity contribution < 1.29 is 23.8 Å². The first-order valence-electron chi connectivity index (χ1n) is 9.73. The van der Waals surface area contributed by atoms with Crippen molar-refractivity contribution in [2.75, 3.05) is 14.2 Å². The minimum atomic E-state index is -0.897. The van der Waals surface area contributed by atoms with Crippen LogP contribution in [0, 0.1) is 13.8 Å². The van der Waals surface area contributed by atoms with Crippen molar-refractivity contribution in [2.24, 2.45) is 0 Å². The van der Waals surface area contributed by atoms with Gasteiger partial charge in [-0.1, -0.05) is 6.07 Å². The molecule has 7 heteroatoms. The smallest absolute Gasteiger partial charge is 0.340 e. The Morgan fingerprint density at radius 1 is 1.14 bits per heavy atom. The summed E-state index contributed by atoms with van der Waals surface area (Å²) in [7, 11) is 3.12. The van der Waals surface area contributed by atoms with Crippen LogP contribution in [0.3, 0.4) is 0 Å². The number of ether oxygens (including phenoxy) is 3. The molecule has 156 valence electrons. The summed E-state index contributed by atoms with van der Waals surface area (Å²) < 4.78 is 18.1. The van der Waals surface area contributed by atoms with E-state index in [1.165, 1.54) is 0 Å². The quantitative estimate of drug-likeness (QED) is 0.688. The summed E-state index contributed by atoms with van der Waals surface area (Å²) in [6.45, 7) is 5.77. The Kier molecular flexibility index (Phi) is 6.15. The third-order valence-corrected chi connectivity index (χ3v) is 5.18. The maximum Gasteiger partial charge on any atom is 0.340 e. The van der Waals surface area contributed by atoms with Gasteiger partial charge in [0.1, 0.15) is 0 Å². The number of benzene rings is 1. The van der Waals surface area contributed by atoms with Gasteiger partial charge in [-0.3, -0.25) is 4.79 Å². The summed E-state index contributed by atoms with van der Waals surface area (Å²) in [6.07, 6.45) is 1.38. The average molecular weight is 400 g/mol. The van der Waals surface area contributed by atoms with E-state index in [2.05, 4.69) is 9.88 Å². The van der Waals surface area contributed by atoms with Crippen LogP contribution < -0.4 is 14.8 Å². The van der Waals surface area contributed by atoms with Gasteiger partial charge in [-0.2, -0.15) is 0 Å². The molecule has 1 aromatic heterocycles. The van der Waals surface area contributed by atoms with E-state index in [1.54, 1.807) is 33.3 Å². The van der Waals surface area contributed by atoms with Crippen molar-refractivity contribution in [1.82, 2.24) is 9.88 Å². The van der Waals surface area contributed by atoms with Crippen molar-refractivity contribution in [1.29, 1.82) is 0 Å². The molecule has 0 saturated heterocycles. The lowest BCUT2D eigenvalue weighted by Gasteiger charge is -2.15. The minimum absolute atomic E-state index is 0.289. The standard InChI is InChI=1S/C22H28N2O5/c1-13-10-18(14(2)24(13)17-7-8-17)22(26)29-15(3)21(25)23-12-16-6-9-19(27-4)20(11-16)28-5/h6,9-11,15,17H,7-8,12H2,1-5H3,(H,23,25)/t15-/m0/s1. The van der Waals surface area contributed by atoms with Gasteiger partial charge in [0.2, 0.25) is 0 Å². The van der Waals surface area contributed by atoms with Crippen LogP contribution in [0.5, 0.6) is 11.5 Å². The van der Waals surface area contributed by atoms with Crippen LogP contribution in [0.25, 0.3) is 0 Å². The third-order valence-electron chi connectivity index (χ3n) is 5.18. The minimum Gasteiger partial charge on any atom is -0.493 e. The zero-order valence-electron chi connectivity index (χ0n) is 17.6. The molecule has 1 aliphatic rings. The summed E-state index contributed by atoms with van der Waals surface area (Å²) in [5.74, 6) is 0.376. The molecule has 1 aliphatic carbocycles. The van der Waals surface area contributed by atoms with E-state index in [-0.39, 0.29) is 12.5 Å². The summed E-state index contributed by atoms with van der Waals surface area (Å²) in [6, 6.07) is 7.73. The molecule has 1 amide bonds. The van der Waals surface area contributed by atoms with Gasteiger partial charge in [-0.15, -0.1) is 0 Å². The molecule has 0 aliphatic heterocycles. The Labute approximate surface area is 170 Å². The second kappa shape index (κ2) is 8.59. The number of carbonyl (C=O) groups is 2. The largest absolute Gasteiger partial charge is 0.493 e. The molecule has 3 rings (SSSR count). The lowest BCUT2D eigenvalue weighted by molar-refractivity contribution is -0.129. The van der Waals surface area contributed by atoms with Crippen LogP contribution in [0.2, 0.25) is 0 Å².